The van der Waals surface area contributed by atoms with Crippen LogP contribution in [0.25, 0.3) is 0 Å². The van der Waals surface area contributed by atoms with Crippen LogP contribution < -0.4 is 16.4 Å². The number of rotatable bonds is 4. The zero-order valence-electron chi connectivity index (χ0n) is 12.5. The lowest BCUT2D eigenvalue weighted by Crippen LogP contribution is -2.38. The Morgan fingerprint density at radius 1 is 1.30 bits per heavy atom. The van der Waals surface area contributed by atoms with Crippen LogP contribution in [0.1, 0.15) is 38.0 Å². The van der Waals surface area contributed by atoms with Crippen LogP contribution in [0.15, 0.2) is 36.5 Å². The molecule has 0 saturated heterocycles. The maximum atomic E-state index is 12.1. The lowest BCUT2D eigenvalue weighted by Gasteiger charge is -2.27. The first kappa shape index (κ1) is 17.1. The van der Waals surface area contributed by atoms with E-state index < -0.39 is 5.91 Å². The average Bonchev–Trinajstić information content (AvgIpc) is 3.03. The number of nitrogens with two attached hydrogens (primary N) is 1. The van der Waals surface area contributed by atoms with Gasteiger partial charge in [0.2, 0.25) is 5.91 Å². The molecule has 7 heteroatoms. The molecule has 0 saturated carbocycles. The quantitative estimate of drug-likeness (QED) is 0.675. The maximum absolute atomic E-state index is 12.1. The predicted octanol–water partition coefficient (Wildman–Crippen LogP) is 1.15. The van der Waals surface area contributed by atoms with Crippen LogP contribution in [0, 0.1) is 0 Å². The zero-order valence-corrected chi connectivity index (χ0v) is 13.3. The van der Waals surface area contributed by atoms with Crippen molar-refractivity contribution in [3.63, 3.8) is 0 Å². The Balaban J connectivity index is 0.00000192. The average molecular weight is 335 g/mol. The van der Waals surface area contributed by atoms with Crippen LogP contribution in [0.3, 0.4) is 0 Å². The smallest absolute Gasteiger partial charge is 0.267 e. The second-order valence-corrected chi connectivity index (χ2v) is 5.33. The number of carbonyl (C=O) groups is 2. The van der Waals surface area contributed by atoms with E-state index in [1.54, 1.807) is 0 Å². The van der Waals surface area contributed by atoms with E-state index in [-0.39, 0.29) is 24.4 Å². The molecule has 1 atom stereocenters. The fraction of sp³-hybridized carbons (Fsp3) is 0.250. The highest BCUT2D eigenvalue weighted by Gasteiger charge is 2.20. The first-order valence-electron chi connectivity index (χ1n) is 7.23. The summed E-state index contributed by atoms with van der Waals surface area (Å²) in [4.78, 5) is 25.9. The van der Waals surface area contributed by atoms with Gasteiger partial charge in [0.15, 0.2) is 0 Å². The van der Waals surface area contributed by atoms with Crippen LogP contribution >= 0.6 is 12.4 Å². The number of primary amides is 1. The van der Waals surface area contributed by atoms with Gasteiger partial charge in [-0.1, -0.05) is 24.3 Å². The lowest BCUT2D eigenvalue weighted by molar-refractivity contribution is 0.0944. The minimum absolute atomic E-state index is 0. The molecular weight excluding hydrogens is 316 g/mol. The molecule has 1 aliphatic heterocycles. The Hall–Kier alpha value is -2.31. The molecule has 2 heterocycles. The molecule has 3 rings (SSSR count). The summed E-state index contributed by atoms with van der Waals surface area (Å²) in [5, 5.41) is 6.28. The summed E-state index contributed by atoms with van der Waals surface area (Å²) in [5.74, 6) is -0.810. The third kappa shape index (κ3) is 3.72. The van der Waals surface area contributed by atoms with Crippen molar-refractivity contribution in [2.24, 2.45) is 5.73 Å². The van der Waals surface area contributed by atoms with Crippen LogP contribution in [-0.4, -0.2) is 29.9 Å². The monoisotopic (exact) mass is 334 g/mol. The number of aromatic amines is 1. The summed E-state index contributed by atoms with van der Waals surface area (Å²) in [7, 11) is 0. The summed E-state index contributed by atoms with van der Waals surface area (Å²) < 4.78 is 0. The minimum Gasteiger partial charge on any atom is -0.366 e. The fourth-order valence-electron chi connectivity index (χ4n) is 2.73. The molecule has 5 N–H and O–H groups in total. The highest BCUT2D eigenvalue weighted by molar-refractivity contribution is 5.98. The molecule has 1 aromatic carbocycles. The molecule has 0 aliphatic carbocycles. The molecule has 2 amide bonds. The summed E-state index contributed by atoms with van der Waals surface area (Å²) in [6, 6.07) is 9.79. The van der Waals surface area contributed by atoms with Gasteiger partial charge in [-0.05, 0) is 30.2 Å². The standard InChI is InChI=1S/C16H18N4O2.ClH/c17-15(21)11-7-13(19-8-11)16(22)20-9-14-12-4-2-1-3-10(12)5-6-18-14;/h1-4,7-8,14,18-19H,5-6,9H2,(H2,17,21)(H,20,22);1H. The molecule has 1 unspecified atom stereocenters. The molecule has 1 aromatic heterocycles. The van der Waals surface area contributed by atoms with Gasteiger partial charge in [0.1, 0.15) is 5.69 Å². The number of halogens is 1. The molecule has 0 radical (unpaired) electrons. The summed E-state index contributed by atoms with van der Waals surface area (Å²) in [5.41, 5.74) is 8.34. The summed E-state index contributed by atoms with van der Waals surface area (Å²) >= 11 is 0. The molecule has 23 heavy (non-hydrogen) atoms. The van der Waals surface area contributed by atoms with Crippen molar-refractivity contribution in [3.8, 4) is 0 Å². The van der Waals surface area contributed by atoms with Crippen molar-refractivity contribution in [1.82, 2.24) is 15.6 Å². The van der Waals surface area contributed by atoms with Gasteiger partial charge in [0, 0.05) is 18.8 Å². The van der Waals surface area contributed by atoms with E-state index in [2.05, 4.69) is 27.8 Å². The maximum Gasteiger partial charge on any atom is 0.267 e. The van der Waals surface area contributed by atoms with Gasteiger partial charge >= 0.3 is 0 Å². The molecule has 0 fully saturated rings. The Bertz CT molecular complexity index is 714. The van der Waals surface area contributed by atoms with Crippen molar-refractivity contribution in [3.05, 3.63) is 58.9 Å². The summed E-state index contributed by atoms with van der Waals surface area (Å²) in [6.07, 6.45) is 2.44. The third-order valence-electron chi connectivity index (χ3n) is 3.89. The van der Waals surface area contributed by atoms with Gasteiger partial charge in [0.05, 0.1) is 5.56 Å². The van der Waals surface area contributed by atoms with E-state index in [0.29, 0.717) is 17.8 Å². The molecule has 0 bridgehead atoms. The van der Waals surface area contributed by atoms with Crippen LogP contribution in [-0.2, 0) is 6.42 Å². The lowest BCUT2D eigenvalue weighted by atomic mass is 9.94. The third-order valence-corrected chi connectivity index (χ3v) is 3.89. The Morgan fingerprint density at radius 2 is 2.09 bits per heavy atom. The second-order valence-electron chi connectivity index (χ2n) is 5.33. The van der Waals surface area contributed by atoms with Gasteiger partial charge in [0.25, 0.3) is 5.91 Å². The molecule has 2 aromatic rings. The van der Waals surface area contributed by atoms with Gasteiger partial charge in [-0.25, -0.2) is 0 Å². The molecule has 122 valence electrons. The number of nitrogens with one attached hydrogen (secondary N) is 3. The van der Waals surface area contributed by atoms with Crippen LogP contribution in [0.2, 0.25) is 0 Å². The van der Waals surface area contributed by atoms with Gasteiger partial charge < -0.3 is 21.4 Å². The van der Waals surface area contributed by atoms with E-state index >= 15 is 0 Å². The highest BCUT2D eigenvalue weighted by Crippen LogP contribution is 2.21. The molecule has 6 nitrogen and oxygen atoms in total. The Labute approximate surface area is 140 Å². The number of hydrogen-bond acceptors (Lipinski definition) is 3. The van der Waals surface area contributed by atoms with E-state index in [1.165, 1.54) is 23.4 Å². The van der Waals surface area contributed by atoms with Crippen LogP contribution in [0.4, 0.5) is 0 Å². The van der Waals surface area contributed by atoms with Crippen molar-refractivity contribution < 1.29 is 9.59 Å². The van der Waals surface area contributed by atoms with Crippen molar-refractivity contribution in [1.29, 1.82) is 0 Å². The van der Waals surface area contributed by atoms with Crippen LogP contribution in [0.5, 0.6) is 0 Å². The Kier molecular flexibility index (Phi) is 5.41. The predicted molar refractivity (Wildman–Crippen MR) is 89.8 cm³/mol. The number of carbonyl (C=O) groups excluding carboxylic acids is 2. The molecule has 0 spiro atoms. The minimum atomic E-state index is -0.557. The van der Waals surface area contributed by atoms with E-state index in [9.17, 15) is 9.59 Å². The number of amides is 2. The number of fused-ring (bicyclic) bond motifs is 1. The number of H-pyrrole nitrogens is 1. The van der Waals surface area contributed by atoms with E-state index in [0.717, 1.165) is 13.0 Å². The van der Waals surface area contributed by atoms with Crippen molar-refractivity contribution in [2.75, 3.05) is 13.1 Å². The van der Waals surface area contributed by atoms with Gasteiger partial charge in [-0.2, -0.15) is 0 Å². The second kappa shape index (κ2) is 7.30. The van der Waals surface area contributed by atoms with Crippen molar-refractivity contribution >= 4 is 24.2 Å². The fourth-order valence-corrected chi connectivity index (χ4v) is 2.73. The normalized spacial score (nSPS) is 16.1. The zero-order chi connectivity index (χ0) is 15.5. The molecule has 1 aliphatic rings. The van der Waals surface area contributed by atoms with Gasteiger partial charge in [-0.3, -0.25) is 9.59 Å². The topological polar surface area (TPSA) is 100 Å². The van der Waals surface area contributed by atoms with E-state index in [1.807, 2.05) is 12.1 Å². The van der Waals surface area contributed by atoms with Gasteiger partial charge in [-0.15, -0.1) is 12.4 Å². The number of aromatic nitrogens is 1. The molecular formula is C16H19ClN4O2. The first-order valence-corrected chi connectivity index (χ1v) is 7.23. The Morgan fingerprint density at radius 3 is 2.83 bits per heavy atom. The van der Waals surface area contributed by atoms with E-state index in [4.69, 9.17) is 5.73 Å². The highest BCUT2D eigenvalue weighted by atomic mass is 35.5. The largest absolute Gasteiger partial charge is 0.366 e. The number of benzene rings is 1. The number of hydrogen-bond donors (Lipinski definition) is 4. The van der Waals surface area contributed by atoms with Crippen molar-refractivity contribution in [2.45, 2.75) is 12.5 Å². The SMILES string of the molecule is Cl.NC(=O)c1c[nH]c(C(=O)NCC2NCCc3ccccc32)c1. The first-order chi connectivity index (χ1) is 10.6. The summed E-state index contributed by atoms with van der Waals surface area (Å²) in [6.45, 7) is 1.38.